The average molecular weight is 348 g/mol. The lowest BCUT2D eigenvalue weighted by Gasteiger charge is -2.33. The van der Waals surface area contributed by atoms with Gasteiger partial charge in [0, 0.05) is 38.0 Å². The molecule has 128 valence electrons. The van der Waals surface area contributed by atoms with Gasteiger partial charge in [0.1, 0.15) is 11.0 Å². The van der Waals surface area contributed by atoms with Crippen LogP contribution >= 0.6 is 11.6 Å². The highest BCUT2D eigenvalue weighted by Gasteiger charge is 2.18. The number of anilines is 3. The van der Waals surface area contributed by atoms with Crippen LogP contribution in [-0.2, 0) is 6.54 Å². The second-order valence-electron chi connectivity index (χ2n) is 6.07. The quantitative estimate of drug-likeness (QED) is 0.720. The maximum absolute atomic E-state index is 9.22. The van der Waals surface area contributed by atoms with Gasteiger partial charge in [-0.3, -0.25) is 0 Å². The predicted octanol–water partition coefficient (Wildman–Crippen LogP) is 2.53. The van der Waals surface area contributed by atoms with Gasteiger partial charge in [0.05, 0.1) is 0 Å². The number of nitrogens with two attached hydrogens (primary N) is 1. The molecule has 1 aromatic heterocycles. The van der Waals surface area contributed by atoms with Crippen molar-refractivity contribution in [3.8, 4) is 0 Å². The number of aliphatic hydroxyl groups is 1. The summed E-state index contributed by atoms with van der Waals surface area (Å²) in [6.07, 6.45) is 2.10. The first-order valence-corrected chi connectivity index (χ1v) is 8.50. The highest BCUT2D eigenvalue weighted by molar-refractivity contribution is 6.29. The number of piperidine rings is 1. The number of hydrogen-bond acceptors (Lipinski definition) is 6. The second kappa shape index (κ2) is 7.68. The predicted molar refractivity (Wildman–Crippen MR) is 97.2 cm³/mol. The van der Waals surface area contributed by atoms with Crippen LogP contribution < -0.4 is 16.0 Å². The average Bonchev–Trinajstić information content (AvgIpc) is 2.60. The molecule has 24 heavy (non-hydrogen) atoms. The summed E-state index contributed by atoms with van der Waals surface area (Å²) in [5, 5.41) is 12.7. The van der Waals surface area contributed by atoms with Gasteiger partial charge >= 0.3 is 0 Å². The Labute approximate surface area is 146 Å². The fraction of sp³-hybridized carbons (Fsp3) is 0.412. The van der Waals surface area contributed by atoms with Crippen molar-refractivity contribution in [3.63, 3.8) is 0 Å². The zero-order valence-electron chi connectivity index (χ0n) is 13.5. The Morgan fingerprint density at radius 3 is 2.54 bits per heavy atom. The molecule has 4 N–H and O–H groups in total. The minimum atomic E-state index is 0.159. The zero-order chi connectivity index (χ0) is 16.9. The summed E-state index contributed by atoms with van der Waals surface area (Å²) in [4.78, 5) is 10.3. The first-order valence-electron chi connectivity index (χ1n) is 8.12. The topological polar surface area (TPSA) is 87.3 Å². The van der Waals surface area contributed by atoms with E-state index in [4.69, 9.17) is 17.3 Å². The summed E-state index contributed by atoms with van der Waals surface area (Å²) in [5.74, 6) is 1.23. The SMILES string of the molecule is Nc1nc(Cl)cc(NCc2ccc(N3CCC(CO)CC3)cc2)n1. The van der Waals surface area contributed by atoms with Crippen molar-refractivity contribution in [1.29, 1.82) is 0 Å². The molecule has 1 saturated heterocycles. The van der Waals surface area contributed by atoms with Gasteiger partial charge in [-0.1, -0.05) is 23.7 Å². The number of benzene rings is 1. The van der Waals surface area contributed by atoms with Crippen molar-refractivity contribution in [2.45, 2.75) is 19.4 Å². The van der Waals surface area contributed by atoms with Crippen LogP contribution in [0.25, 0.3) is 0 Å². The Balaban J connectivity index is 1.56. The lowest BCUT2D eigenvalue weighted by molar-refractivity contribution is 0.203. The Morgan fingerprint density at radius 2 is 1.92 bits per heavy atom. The van der Waals surface area contributed by atoms with Gasteiger partial charge in [-0.2, -0.15) is 4.98 Å². The Kier molecular flexibility index (Phi) is 5.37. The fourth-order valence-electron chi connectivity index (χ4n) is 2.92. The van der Waals surface area contributed by atoms with E-state index < -0.39 is 0 Å². The molecule has 0 spiro atoms. The first kappa shape index (κ1) is 16.8. The number of halogens is 1. The van der Waals surface area contributed by atoms with Crippen molar-refractivity contribution >= 4 is 29.1 Å². The van der Waals surface area contributed by atoms with Gasteiger partial charge in [0.2, 0.25) is 5.95 Å². The van der Waals surface area contributed by atoms with Crippen LogP contribution in [0.3, 0.4) is 0 Å². The van der Waals surface area contributed by atoms with Crippen molar-refractivity contribution in [3.05, 3.63) is 41.0 Å². The van der Waals surface area contributed by atoms with E-state index in [0.29, 0.717) is 30.0 Å². The Bertz CT molecular complexity index is 651. The molecule has 1 aromatic carbocycles. The number of aliphatic hydroxyl groups excluding tert-OH is 1. The summed E-state index contributed by atoms with van der Waals surface area (Å²) < 4.78 is 0. The maximum atomic E-state index is 9.22. The van der Waals surface area contributed by atoms with Crippen molar-refractivity contribution in [1.82, 2.24) is 9.97 Å². The Hall–Kier alpha value is -2.05. The first-order chi connectivity index (χ1) is 11.6. The zero-order valence-corrected chi connectivity index (χ0v) is 14.2. The van der Waals surface area contributed by atoms with Gasteiger partial charge in [-0.15, -0.1) is 0 Å². The van der Waals surface area contributed by atoms with E-state index >= 15 is 0 Å². The van der Waals surface area contributed by atoms with Gasteiger partial charge in [-0.05, 0) is 36.5 Å². The largest absolute Gasteiger partial charge is 0.396 e. The van der Waals surface area contributed by atoms with E-state index in [1.807, 2.05) is 0 Å². The van der Waals surface area contributed by atoms with Crippen molar-refractivity contribution in [2.75, 3.05) is 35.6 Å². The molecule has 2 heterocycles. The van der Waals surface area contributed by atoms with Crippen LogP contribution in [0.1, 0.15) is 18.4 Å². The molecule has 0 radical (unpaired) electrons. The van der Waals surface area contributed by atoms with Gasteiger partial charge < -0.3 is 21.1 Å². The third kappa shape index (κ3) is 4.27. The highest BCUT2D eigenvalue weighted by Crippen LogP contribution is 2.23. The van der Waals surface area contributed by atoms with E-state index in [1.165, 1.54) is 5.69 Å². The molecule has 0 bridgehead atoms. The third-order valence-electron chi connectivity index (χ3n) is 4.36. The molecule has 0 atom stereocenters. The smallest absolute Gasteiger partial charge is 0.223 e. The molecule has 1 aliphatic rings. The Morgan fingerprint density at radius 1 is 1.21 bits per heavy atom. The molecular formula is C17H22ClN5O. The fourth-order valence-corrected chi connectivity index (χ4v) is 3.11. The maximum Gasteiger partial charge on any atom is 0.223 e. The molecule has 2 aromatic rings. The van der Waals surface area contributed by atoms with Crippen molar-refractivity contribution in [2.24, 2.45) is 5.92 Å². The van der Waals surface area contributed by atoms with E-state index in [9.17, 15) is 5.11 Å². The molecule has 1 aliphatic heterocycles. The normalized spacial score (nSPS) is 15.5. The molecule has 0 aliphatic carbocycles. The minimum Gasteiger partial charge on any atom is -0.396 e. The van der Waals surface area contributed by atoms with E-state index in [1.54, 1.807) is 6.07 Å². The number of rotatable bonds is 5. The van der Waals surface area contributed by atoms with Crippen LogP contribution in [0.15, 0.2) is 30.3 Å². The molecule has 7 heteroatoms. The number of nitrogen functional groups attached to an aromatic ring is 1. The highest BCUT2D eigenvalue weighted by atomic mass is 35.5. The summed E-state index contributed by atoms with van der Waals surface area (Å²) in [7, 11) is 0. The summed E-state index contributed by atoms with van der Waals surface area (Å²) in [5.41, 5.74) is 7.96. The third-order valence-corrected chi connectivity index (χ3v) is 4.55. The summed E-state index contributed by atoms with van der Waals surface area (Å²) in [6.45, 7) is 2.94. The van der Waals surface area contributed by atoms with Crippen molar-refractivity contribution < 1.29 is 5.11 Å². The minimum absolute atomic E-state index is 0.159. The molecule has 0 saturated carbocycles. The molecule has 0 amide bonds. The van der Waals surface area contributed by atoms with E-state index in [-0.39, 0.29) is 5.95 Å². The molecule has 6 nitrogen and oxygen atoms in total. The van der Waals surface area contributed by atoms with Crippen LogP contribution in [0.4, 0.5) is 17.5 Å². The van der Waals surface area contributed by atoms with Crippen LogP contribution in [0.2, 0.25) is 5.15 Å². The second-order valence-corrected chi connectivity index (χ2v) is 6.45. The number of nitrogens with zero attached hydrogens (tertiary/aromatic N) is 3. The number of aromatic nitrogens is 2. The van der Waals surface area contributed by atoms with Gasteiger partial charge in [-0.25, -0.2) is 4.98 Å². The van der Waals surface area contributed by atoms with E-state index in [2.05, 4.69) is 44.5 Å². The van der Waals surface area contributed by atoms with E-state index in [0.717, 1.165) is 31.5 Å². The number of hydrogen-bond donors (Lipinski definition) is 3. The summed E-state index contributed by atoms with van der Waals surface area (Å²) >= 11 is 5.87. The van der Waals surface area contributed by atoms with Crippen LogP contribution in [-0.4, -0.2) is 34.8 Å². The van der Waals surface area contributed by atoms with Gasteiger partial charge in [0.15, 0.2) is 0 Å². The number of nitrogens with one attached hydrogen (secondary N) is 1. The monoisotopic (exact) mass is 347 g/mol. The molecule has 3 rings (SSSR count). The van der Waals surface area contributed by atoms with Crippen LogP contribution in [0.5, 0.6) is 0 Å². The summed E-state index contributed by atoms with van der Waals surface area (Å²) in [6, 6.07) is 10.1. The van der Waals surface area contributed by atoms with Gasteiger partial charge in [0.25, 0.3) is 0 Å². The molecular weight excluding hydrogens is 326 g/mol. The standard InChI is InChI=1S/C17H22ClN5O/c18-15-9-16(22-17(19)21-15)20-10-12-1-3-14(4-2-12)23-7-5-13(11-24)6-8-23/h1-4,9,13,24H,5-8,10-11H2,(H3,19,20,21,22). The molecule has 1 fully saturated rings. The lowest BCUT2D eigenvalue weighted by Crippen LogP contribution is -2.34. The lowest BCUT2D eigenvalue weighted by atomic mass is 9.97. The van der Waals surface area contributed by atoms with Crippen LogP contribution in [0, 0.1) is 5.92 Å². The molecule has 0 unspecified atom stereocenters.